The predicted molar refractivity (Wildman–Crippen MR) is 75.7 cm³/mol. The second kappa shape index (κ2) is 6.37. The summed E-state index contributed by atoms with van der Waals surface area (Å²) in [5.41, 5.74) is -0.0279. The van der Waals surface area contributed by atoms with Crippen LogP contribution in [0.1, 0.15) is 33.6 Å². The van der Waals surface area contributed by atoms with Gasteiger partial charge in [-0.1, -0.05) is 20.8 Å². The minimum absolute atomic E-state index is 0.0279. The van der Waals surface area contributed by atoms with Crippen molar-refractivity contribution in [2.24, 2.45) is 11.3 Å². The molecule has 0 radical (unpaired) electrons. The van der Waals surface area contributed by atoms with E-state index in [1.54, 1.807) is 19.0 Å². The number of rotatable bonds is 4. The molecule has 2 N–H and O–H groups in total. The summed E-state index contributed by atoms with van der Waals surface area (Å²) in [5.74, 6) is -0.137. The van der Waals surface area contributed by atoms with E-state index in [1.807, 2.05) is 6.92 Å². The van der Waals surface area contributed by atoms with Gasteiger partial charge in [0.05, 0.1) is 12.0 Å². The van der Waals surface area contributed by atoms with Crippen LogP contribution in [-0.2, 0) is 9.59 Å². The molecule has 0 aromatic heterocycles. The Morgan fingerprint density at radius 3 is 2.63 bits per heavy atom. The Morgan fingerprint density at radius 1 is 1.47 bits per heavy atom. The number of hydrogen-bond acceptors (Lipinski definition) is 3. The zero-order valence-electron chi connectivity index (χ0n) is 12.7. The van der Waals surface area contributed by atoms with Crippen LogP contribution in [0.3, 0.4) is 0 Å². The molecule has 1 aliphatic heterocycles. The van der Waals surface area contributed by atoms with E-state index in [2.05, 4.69) is 24.5 Å². The van der Waals surface area contributed by atoms with Crippen molar-refractivity contribution >= 4 is 11.8 Å². The summed E-state index contributed by atoms with van der Waals surface area (Å²) in [6, 6.07) is -0.150. The number of carbonyl (C=O) groups excluding carboxylic acids is 2. The fourth-order valence-corrected chi connectivity index (χ4v) is 2.68. The van der Waals surface area contributed by atoms with E-state index in [9.17, 15) is 9.59 Å². The lowest BCUT2D eigenvalue weighted by Gasteiger charge is -2.40. The lowest BCUT2D eigenvalue weighted by atomic mass is 9.77. The average Bonchev–Trinajstić information content (AvgIpc) is 2.36. The Bertz CT molecular complexity index is 342. The quantitative estimate of drug-likeness (QED) is 0.786. The highest BCUT2D eigenvalue weighted by Crippen LogP contribution is 2.31. The van der Waals surface area contributed by atoms with Crippen LogP contribution in [0.15, 0.2) is 0 Å². The van der Waals surface area contributed by atoms with Gasteiger partial charge in [0, 0.05) is 20.6 Å². The fourth-order valence-electron chi connectivity index (χ4n) is 2.68. The minimum atomic E-state index is -0.189. The van der Waals surface area contributed by atoms with Gasteiger partial charge in [-0.05, 0) is 24.8 Å². The van der Waals surface area contributed by atoms with Gasteiger partial charge in [-0.3, -0.25) is 9.59 Å². The van der Waals surface area contributed by atoms with E-state index in [-0.39, 0.29) is 29.2 Å². The molecule has 1 aliphatic rings. The van der Waals surface area contributed by atoms with Gasteiger partial charge in [0.15, 0.2) is 0 Å². The van der Waals surface area contributed by atoms with Crippen molar-refractivity contribution in [1.29, 1.82) is 0 Å². The minimum Gasteiger partial charge on any atom is -0.359 e. The summed E-state index contributed by atoms with van der Waals surface area (Å²) in [6.45, 7) is 7.42. The normalized spacial score (nSPS) is 23.5. The Labute approximate surface area is 116 Å². The van der Waals surface area contributed by atoms with Crippen molar-refractivity contribution in [2.75, 3.05) is 27.2 Å². The molecule has 5 heteroatoms. The zero-order chi connectivity index (χ0) is 14.6. The highest BCUT2D eigenvalue weighted by atomic mass is 16.2. The summed E-state index contributed by atoms with van der Waals surface area (Å²) in [7, 11) is 3.39. The number of hydrogen-bond donors (Lipinski definition) is 2. The topological polar surface area (TPSA) is 61.4 Å². The van der Waals surface area contributed by atoms with Crippen LogP contribution in [0.2, 0.25) is 0 Å². The SMILES string of the molecule is CNC(=O)C(C)CN(C)C(=O)C1NCCCC1(C)C. The summed E-state index contributed by atoms with van der Waals surface area (Å²) in [5, 5.41) is 5.93. The molecule has 5 nitrogen and oxygen atoms in total. The van der Waals surface area contributed by atoms with Gasteiger partial charge in [-0.2, -0.15) is 0 Å². The van der Waals surface area contributed by atoms with E-state index in [4.69, 9.17) is 0 Å². The lowest BCUT2D eigenvalue weighted by molar-refractivity contribution is -0.137. The monoisotopic (exact) mass is 269 g/mol. The van der Waals surface area contributed by atoms with E-state index < -0.39 is 0 Å². The summed E-state index contributed by atoms with van der Waals surface area (Å²) in [6.07, 6.45) is 2.16. The molecule has 0 aromatic rings. The molecule has 1 saturated heterocycles. The first kappa shape index (κ1) is 16.0. The highest BCUT2D eigenvalue weighted by Gasteiger charge is 2.38. The molecule has 2 amide bonds. The molecule has 1 fully saturated rings. The van der Waals surface area contributed by atoms with Gasteiger partial charge >= 0.3 is 0 Å². The van der Waals surface area contributed by atoms with Gasteiger partial charge in [0.25, 0.3) is 0 Å². The molecule has 0 saturated carbocycles. The van der Waals surface area contributed by atoms with Crippen LogP contribution in [-0.4, -0.2) is 49.9 Å². The van der Waals surface area contributed by atoms with Gasteiger partial charge in [0.2, 0.25) is 11.8 Å². The molecule has 1 rings (SSSR count). The molecule has 110 valence electrons. The third-order valence-electron chi connectivity index (χ3n) is 3.99. The molecular formula is C14H27N3O2. The zero-order valence-corrected chi connectivity index (χ0v) is 12.7. The van der Waals surface area contributed by atoms with Crippen molar-refractivity contribution in [3.63, 3.8) is 0 Å². The van der Waals surface area contributed by atoms with Gasteiger partial charge in [0.1, 0.15) is 0 Å². The number of nitrogens with zero attached hydrogens (tertiary/aromatic N) is 1. The molecule has 19 heavy (non-hydrogen) atoms. The van der Waals surface area contributed by atoms with Gasteiger partial charge in [-0.15, -0.1) is 0 Å². The van der Waals surface area contributed by atoms with E-state index in [0.717, 1.165) is 19.4 Å². The van der Waals surface area contributed by atoms with Crippen molar-refractivity contribution in [2.45, 2.75) is 39.7 Å². The van der Waals surface area contributed by atoms with Crippen LogP contribution in [0.4, 0.5) is 0 Å². The highest BCUT2D eigenvalue weighted by molar-refractivity contribution is 5.84. The predicted octanol–water partition coefficient (Wildman–Crippen LogP) is 0.605. The van der Waals surface area contributed by atoms with Crippen LogP contribution < -0.4 is 10.6 Å². The number of amides is 2. The Morgan fingerprint density at radius 2 is 2.11 bits per heavy atom. The third kappa shape index (κ3) is 3.93. The third-order valence-corrected chi connectivity index (χ3v) is 3.99. The molecule has 0 aromatic carbocycles. The summed E-state index contributed by atoms with van der Waals surface area (Å²) < 4.78 is 0. The second-order valence-electron chi connectivity index (χ2n) is 6.21. The molecule has 2 unspecified atom stereocenters. The van der Waals surface area contributed by atoms with Crippen molar-refractivity contribution < 1.29 is 9.59 Å². The van der Waals surface area contributed by atoms with E-state index in [0.29, 0.717) is 6.54 Å². The van der Waals surface area contributed by atoms with Crippen molar-refractivity contribution in [1.82, 2.24) is 15.5 Å². The lowest BCUT2D eigenvalue weighted by Crippen LogP contribution is -2.56. The Hall–Kier alpha value is -1.10. The molecule has 1 heterocycles. The molecule has 0 aliphatic carbocycles. The van der Waals surface area contributed by atoms with Gasteiger partial charge in [-0.25, -0.2) is 0 Å². The Kier molecular flexibility index (Phi) is 5.35. The maximum Gasteiger partial charge on any atom is 0.240 e. The van der Waals surface area contributed by atoms with E-state index in [1.165, 1.54) is 0 Å². The van der Waals surface area contributed by atoms with Crippen molar-refractivity contribution in [3.05, 3.63) is 0 Å². The van der Waals surface area contributed by atoms with Crippen molar-refractivity contribution in [3.8, 4) is 0 Å². The maximum atomic E-state index is 12.5. The number of likely N-dealkylation sites (N-methyl/N-ethyl adjacent to an activating group) is 1. The average molecular weight is 269 g/mol. The maximum absolute atomic E-state index is 12.5. The van der Waals surface area contributed by atoms with Crippen LogP contribution in [0, 0.1) is 11.3 Å². The van der Waals surface area contributed by atoms with Gasteiger partial charge < -0.3 is 15.5 Å². The fraction of sp³-hybridized carbons (Fsp3) is 0.857. The van der Waals surface area contributed by atoms with Crippen LogP contribution in [0.25, 0.3) is 0 Å². The number of piperidine rings is 1. The molecule has 0 bridgehead atoms. The largest absolute Gasteiger partial charge is 0.359 e. The first-order chi connectivity index (χ1) is 8.79. The first-order valence-corrected chi connectivity index (χ1v) is 6.99. The van der Waals surface area contributed by atoms with Crippen LogP contribution >= 0.6 is 0 Å². The standard InChI is InChI=1S/C14H27N3O2/c1-10(12(18)15-4)9-17(5)13(19)11-14(2,3)7-6-8-16-11/h10-11,16H,6-9H2,1-5H3,(H,15,18). The molecule has 2 atom stereocenters. The number of nitrogens with one attached hydrogen (secondary N) is 2. The smallest absolute Gasteiger partial charge is 0.240 e. The Balaban J connectivity index is 2.63. The van der Waals surface area contributed by atoms with Crippen LogP contribution in [0.5, 0.6) is 0 Å². The van der Waals surface area contributed by atoms with E-state index >= 15 is 0 Å². The molecule has 0 spiro atoms. The summed E-state index contributed by atoms with van der Waals surface area (Å²) in [4.78, 5) is 25.7. The molecular weight excluding hydrogens is 242 g/mol. The number of carbonyl (C=O) groups is 2. The second-order valence-corrected chi connectivity index (χ2v) is 6.21. The summed E-state index contributed by atoms with van der Waals surface area (Å²) >= 11 is 0. The first-order valence-electron chi connectivity index (χ1n) is 6.99.